The average molecular weight is 302 g/mol. The van der Waals surface area contributed by atoms with Gasteiger partial charge in [-0.1, -0.05) is 11.6 Å². The van der Waals surface area contributed by atoms with Gasteiger partial charge < -0.3 is 10.3 Å². The maximum Gasteiger partial charge on any atom is 0.146 e. The van der Waals surface area contributed by atoms with Crippen molar-refractivity contribution in [2.75, 3.05) is 5.73 Å². The zero-order valence-electron chi connectivity index (χ0n) is 11.2. The molecule has 4 rings (SSSR count). The van der Waals surface area contributed by atoms with Crippen LogP contribution in [-0.2, 0) is 0 Å². The normalized spacial score (nSPS) is 14.8. The van der Waals surface area contributed by atoms with E-state index >= 15 is 0 Å². The van der Waals surface area contributed by atoms with Crippen LogP contribution in [0, 0.1) is 5.82 Å². The van der Waals surface area contributed by atoms with Gasteiger partial charge in [-0.05, 0) is 49.2 Å². The third-order valence-corrected chi connectivity index (χ3v) is 4.06. The first-order valence-corrected chi connectivity index (χ1v) is 7.24. The lowest BCUT2D eigenvalue weighted by molar-refractivity contribution is 0.632. The second-order valence-corrected chi connectivity index (χ2v) is 5.84. The highest BCUT2D eigenvalue weighted by Crippen LogP contribution is 2.41. The third kappa shape index (κ3) is 2.07. The van der Waals surface area contributed by atoms with E-state index in [0.29, 0.717) is 11.1 Å². The van der Waals surface area contributed by atoms with Crippen molar-refractivity contribution in [2.45, 2.75) is 18.9 Å². The monoisotopic (exact) mass is 301 g/mol. The van der Waals surface area contributed by atoms with Gasteiger partial charge in [0, 0.05) is 16.6 Å². The largest absolute Gasteiger partial charge is 0.396 e. The van der Waals surface area contributed by atoms with Crippen LogP contribution in [0.25, 0.3) is 22.4 Å². The lowest BCUT2D eigenvalue weighted by Crippen LogP contribution is -1.98. The van der Waals surface area contributed by atoms with E-state index in [1.54, 1.807) is 12.1 Å². The summed E-state index contributed by atoms with van der Waals surface area (Å²) in [5, 5.41) is 0.680. The molecule has 0 unspecified atom stereocenters. The lowest BCUT2D eigenvalue weighted by atomic mass is 10.2. The number of aromatic nitrogens is 2. The number of halogens is 2. The van der Waals surface area contributed by atoms with Crippen molar-refractivity contribution >= 4 is 28.3 Å². The molecule has 5 heteroatoms. The van der Waals surface area contributed by atoms with E-state index in [1.165, 1.54) is 6.07 Å². The first kappa shape index (κ1) is 12.7. The SMILES string of the molecule is Nc1ccc(-c2nc3ccc(Cl)cc3n2C2CC2)cc1F. The lowest BCUT2D eigenvalue weighted by Gasteiger charge is -2.08. The topological polar surface area (TPSA) is 43.8 Å². The molecule has 2 N–H and O–H groups in total. The number of rotatable bonds is 2. The average Bonchev–Trinajstić information content (AvgIpc) is 3.23. The van der Waals surface area contributed by atoms with Crippen molar-refractivity contribution in [2.24, 2.45) is 0 Å². The molecule has 0 aliphatic heterocycles. The van der Waals surface area contributed by atoms with Crippen LogP contribution in [-0.4, -0.2) is 9.55 Å². The fraction of sp³-hybridized carbons (Fsp3) is 0.188. The van der Waals surface area contributed by atoms with Gasteiger partial charge in [-0.15, -0.1) is 0 Å². The maximum absolute atomic E-state index is 13.7. The van der Waals surface area contributed by atoms with E-state index < -0.39 is 5.82 Å². The van der Waals surface area contributed by atoms with Gasteiger partial charge in [0.2, 0.25) is 0 Å². The Kier molecular flexibility index (Phi) is 2.69. The summed E-state index contributed by atoms with van der Waals surface area (Å²) in [5.41, 5.74) is 8.31. The van der Waals surface area contributed by atoms with Gasteiger partial charge in [-0.3, -0.25) is 0 Å². The van der Waals surface area contributed by atoms with Crippen molar-refractivity contribution in [1.82, 2.24) is 9.55 Å². The predicted molar refractivity (Wildman–Crippen MR) is 82.8 cm³/mol. The van der Waals surface area contributed by atoms with Crippen LogP contribution in [0.4, 0.5) is 10.1 Å². The molecule has 0 spiro atoms. The molecule has 2 aromatic carbocycles. The van der Waals surface area contributed by atoms with E-state index in [9.17, 15) is 4.39 Å². The Morgan fingerprint density at radius 3 is 2.71 bits per heavy atom. The molecule has 0 saturated heterocycles. The summed E-state index contributed by atoms with van der Waals surface area (Å²) >= 11 is 6.10. The third-order valence-electron chi connectivity index (χ3n) is 3.82. The number of benzene rings is 2. The van der Waals surface area contributed by atoms with Gasteiger partial charge in [-0.2, -0.15) is 0 Å². The molecule has 1 aromatic heterocycles. The van der Waals surface area contributed by atoms with Crippen molar-refractivity contribution in [3.8, 4) is 11.4 Å². The Hall–Kier alpha value is -2.07. The highest BCUT2D eigenvalue weighted by atomic mass is 35.5. The van der Waals surface area contributed by atoms with E-state index in [2.05, 4.69) is 9.55 Å². The van der Waals surface area contributed by atoms with Crippen molar-refractivity contribution in [1.29, 1.82) is 0 Å². The molecule has 1 fully saturated rings. The van der Waals surface area contributed by atoms with Gasteiger partial charge in [0.15, 0.2) is 0 Å². The Labute approximate surface area is 126 Å². The Morgan fingerprint density at radius 1 is 1.19 bits per heavy atom. The molecule has 0 bridgehead atoms. The summed E-state index contributed by atoms with van der Waals surface area (Å²) in [4.78, 5) is 4.65. The predicted octanol–water partition coefficient (Wildman–Crippen LogP) is 4.41. The first-order chi connectivity index (χ1) is 10.1. The molecule has 0 radical (unpaired) electrons. The summed E-state index contributed by atoms with van der Waals surface area (Å²) < 4.78 is 15.9. The zero-order valence-corrected chi connectivity index (χ0v) is 11.9. The minimum Gasteiger partial charge on any atom is -0.396 e. The summed E-state index contributed by atoms with van der Waals surface area (Å²) in [6, 6.07) is 10.9. The van der Waals surface area contributed by atoms with Crippen LogP contribution in [0.5, 0.6) is 0 Å². The standard InChI is InChI=1S/C16H13ClFN3/c17-10-2-6-14-15(8-10)21(11-3-4-11)16(20-14)9-1-5-13(19)12(18)7-9/h1-2,5-8,11H,3-4,19H2. The van der Waals surface area contributed by atoms with Crippen LogP contribution >= 0.6 is 11.6 Å². The molecule has 106 valence electrons. The van der Waals surface area contributed by atoms with Crippen LogP contribution in [0.1, 0.15) is 18.9 Å². The maximum atomic E-state index is 13.7. The second-order valence-electron chi connectivity index (χ2n) is 5.41. The van der Waals surface area contributed by atoms with Gasteiger partial charge in [0.25, 0.3) is 0 Å². The number of nitrogens with two attached hydrogens (primary N) is 1. The van der Waals surface area contributed by atoms with Crippen LogP contribution in [0.3, 0.4) is 0 Å². The summed E-state index contributed by atoms with van der Waals surface area (Å²) in [7, 11) is 0. The molecule has 21 heavy (non-hydrogen) atoms. The smallest absolute Gasteiger partial charge is 0.146 e. The van der Waals surface area contributed by atoms with Gasteiger partial charge in [-0.25, -0.2) is 9.37 Å². The molecule has 1 saturated carbocycles. The first-order valence-electron chi connectivity index (χ1n) is 6.86. The number of anilines is 1. The molecule has 1 aliphatic carbocycles. The Morgan fingerprint density at radius 2 is 2.00 bits per heavy atom. The molecule has 0 atom stereocenters. The van der Waals surface area contributed by atoms with Crippen LogP contribution in [0.2, 0.25) is 5.02 Å². The highest BCUT2D eigenvalue weighted by Gasteiger charge is 2.29. The number of hydrogen-bond acceptors (Lipinski definition) is 2. The fourth-order valence-electron chi connectivity index (χ4n) is 2.64. The van der Waals surface area contributed by atoms with Crippen molar-refractivity contribution in [3.05, 3.63) is 47.2 Å². The molecule has 1 heterocycles. The van der Waals surface area contributed by atoms with Crippen molar-refractivity contribution in [3.63, 3.8) is 0 Å². The molecule has 3 aromatic rings. The van der Waals surface area contributed by atoms with Crippen LogP contribution < -0.4 is 5.73 Å². The highest BCUT2D eigenvalue weighted by molar-refractivity contribution is 6.31. The number of fused-ring (bicyclic) bond motifs is 1. The van der Waals surface area contributed by atoms with E-state index in [1.807, 2.05) is 18.2 Å². The van der Waals surface area contributed by atoms with E-state index in [4.69, 9.17) is 17.3 Å². The number of hydrogen-bond donors (Lipinski definition) is 1. The summed E-state index contributed by atoms with van der Waals surface area (Å²) in [5.74, 6) is 0.355. The van der Waals surface area contributed by atoms with Crippen molar-refractivity contribution < 1.29 is 4.39 Å². The Bertz CT molecular complexity index is 852. The minimum atomic E-state index is -0.417. The fourth-order valence-corrected chi connectivity index (χ4v) is 2.80. The van der Waals surface area contributed by atoms with E-state index in [-0.39, 0.29) is 5.69 Å². The molecular weight excluding hydrogens is 289 g/mol. The van der Waals surface area contributed by atoms with Gasteiger partial charge >= 0.3 is 0 Å². The molecular formula is C16H13ClFN3. The zero-order chi connectivity index (χ0) is 14.6. The quantitative estimate of drug-likeness (QED) is 0.712. The summed E-state index contributed by atoms with van der Waals surface area (Å²) in [6.45, 7) is 0. The molecule has 0 amide bonds. The van der Waals surface area contributed by atoms with Gasteiger partial charge in [0.1, 0.15) is 11.6 Å². The Balaban J connectivity index is 1.99. The molecule has 3 nitrogen and oxygen atoms in total. The number of imidazole rings is 1. The molecule has 1 aliphatic rings. The number of nitrogens with zero attached hydrogens (tertiary/aromatic N) is 2. The van der Waals surface area contributed by atoms with Gasteiger partial charge in [0.05, 0.1) is 16.7 Å². The number of nitrogen functional groups attached to an aromatic ring is 1. The van der Waals surface area contributed by atoms with E-state index in [0.717, 1.165) is 35.3 Å². The second kappa shape index (κ2) is 4.46. The summed E-state index contributed by atoms with van der Waals surface area (Å²) in [6.07, 6.45) is 2.23. The van der Waals surface area contributed by atoms with Crippen LogP contribution in [0.15, 0.2) is 36.4 Å². The minimum absolute atomic E-state index is 0.149.